The van der Waals surface area contributed by atoms with Crippen molar-refractivity contribution in [3.05, 3.63) is 0 Å². The van der Waals surface area contributed by atoms with E-state index in [2.05, 4.69) is 5.32 Å². The van der Waals surface area contributed by atoms with Crippen molar-refractivity contribution in [2.75, 3.05) is 7.05 Å². The highest BCUT2D eigenvalue weighted by molar-refractivity contribution is 8.93. The zero-order valence-corrected chi connectivity index (χ0v) is 5.65. The molecule has 1 atom stereocenters. The number of nitrogens with one attached hydrogen (secondary N) is 1. The van der Waals surface area contributed by atoms with Crippen LogP contribution in [-0.2, 0) is 0 Å². The Hall–Kier alpha value is 0.400. The minimum Gasteiger partial charge on any atom is -0.379 e. The van der Waals surface area contributed by atoms with E-state index in [1.54, 1.807) is 14.0 Å². The van der Waals surface area contributed by atoms with Gasteiger partial charge >= 0.3 is 0 Å². The molecule has 0 aliphatic rings. The Morgan fingerprint density at radius 1 is 1.67 bits per heavy atom. The summed E-state index contributed by atoms with van der Waals surface area (Å²) in [6, 6.07) is 0. The Kier molecular flexibility index (Phi) is 8.68. The first-order chi connectivity index (χ1) is 2.27. The number of aliphatic hydroxyl groups excluding tert-OH is 1. The number of aliphatic hydroxyl groups is 1. The Morgan fingerprint density at radius 3 is 1.83 bits per heavy atom. The second-order valence-electron chi connectivity index (χ2n) is 0.965. The predicted octanol–water partition coefficient (Wildman–Crippen LogP) is 0.122. The highest BCUT2D eigenvalue weighted by Crippen LogP contribution is 1.59. The first-order valence-electron chi connectivity index (χ1n) is 1.62. The summed E-state index contributed by atoms with van der Waals surface area (Å²) >= 11 is 0. The Labute approximate surface area is 48.3 Å². The summed E-state index contributed by atoms with van der Waals surface area (Å²) in [5, 5.41) is 10.8. The van der Waals surface area contributed by atoms with Gasteiger partial charge < -0.3 is 5.11 Å². The molecule has 3 heteroatoms. The fourth-order valence-electron chi connectivity index (χ4n) is 0. The van der Waals surface area contributed by atoms with Crippen LogP contribution in [0.2, 0.25) is 0 Å². The van der Waals surface area contributed by atoms with Gasteiger partial charge in [0.15, 0.2) is 0 Å². The molecule has 0 amide bonds. The van der Waals surface area contributed by atoms with E-state index in [1.165, 1.54) is 0 Å². The van der Waals surface area contributed by atoms with Crippen LogP contribution in [0.3, 0.4) is 0 Å². The van der Waals surface area contributed by atoms with E-state index < -0.39 is 0 Å². The molecular weight excluding hydrogens is 146 g/mol. The van der Waals surface area contributed by atoms with E-state index >= 15 is 0 Å². The third-order valence-corrected chi connectivity index (χ3v) is 0.418. The fourth-order valence-corrected chi connectivity index (χ4v) is 0. The SMILES string of the molecule is Br.CNC(C)O. The molecule has 0 heterocycles. The lowest BCUT2D eigenvalue weighted by molar-refractivity contribution is 0.167. The van der Waals surface area contributed by atoms with Crippen LogP contribution in [0.25, 0.3) is 0 Å². The van der Waals surface area contributed by atoms with Crippen molar-refractivity contribution < 1.29 is 5.11 Å². The minimum absolute atomic E-state index is 0. The largest absolute Gasteiger partial charge is 0.379 e. The molecule has 1 unspecified atom stereocenters. The van der Waals surface area contributed by atoms with E-state index in [0.29, 0.717) is 0 Å². The van der Waals surface area contributed by atoms with Crippen LogP contribution in [0.15, 0.2) is 0 Å². The van der Waals surface area contributed by atoms with Crippen LogP contribution in [-0.4, -0.2) is 18.4 Å². The molecule has 2 N–H and O–H groups in total. The van der Waals surface area contributed by atoms with Gasteiger partial charge in [-0.2, -0.15) is 0 Å². The molecule has 0 saturated heterocycles. The first kappa shape index (κ1) is 9.64. The molecule has 0 aromatic rings. The third-order valence-electron chi connectivity index (χ3n) is 0.418. The van der Waals surface area contributed by atoms with E-state index in [9.17, 15) is 0 Å². The van der Waals surface area contributed by atoms with E-state index in [-0.39, 0.29) is 23.2 Å². The second kappa shape index (κ2) is 5.40. The highest BCUT2D eigenvalue weighted by atomic mass is 79.9. The second-order valence-corrected chi connectivity index (χ2v) is 0.965. The van der Waals surface area contributed by atoms with Crippen LogP contribution < -0.4 is 5.32 Å². The quantitative estimate of drug-likeness (QED) is 0.528. The van der Waals surface area contributed by atoms with Crippen molar-refractivity contribution in [3.8, 4) is 0 Å². The van der Waals surface area contributed by atoms with Gasteiger partial charge in [0.05, 0.1) is 0 Å². The molecular formula is C3H10BrNO. The van der Waals surface area contributed by atoms with Gasteiger partial charge in [-0.1, -0.05) is 0 Å². The maximum atomic E-state index is 8.25. The van der Waals surface area contributed by atoms with Crippen LogP contribution in [0, 0.1) is 0 Å². The first-order valence-corrected chi connectivity index (χ1v) is 1.62. The lowest BCUT2D eigenvalue weighted by Crippen LogP contribution is -2.19. The summed E-state index contributed by atoms with van der Waals surface area (Å²) in [5.41, 5.74) is 0. The topological polar surface area (TPSA) is 32.3 Å². The van der Waals surface area contributed by atoms with Crippen molar-refractivity contribution in [2.24, 2.45) is 0 Å². The van der Waals surface area contributed by atoms with Crippen LogP contribution in [0.5, 0.6) is 0 Å². The molecule has 0 spiro atoms. The summed E-state index contributed by atoms with van der Waals surface area (Å²) < 4.78 is 0. The normalized spacial score (nSPS) is 12.5. The average molecular weight is 156 g/mol. The summed E-state index contributed by atoms with van der Waals surface area (Å²) in [4.78, 5) is 0. The molecule has 0 rings (SSSR count). The molecule has 0 aliphatic heterocycles. The lowest BCUT2D eigenvalue weighted by Gasteiger charge is -1.94. The molecule has 40 valence electrons. The van der Waals surface area contributed by atoms with Gasteiger partial charge in [0.25, 0.3) is 0 Å². The van der Waals surface area contributed by atoms with Gasteiger partial charge in [0.1, 0.15) is 6.23 Å². The molecule has 2 nitrogen and oxygen atoms in total. The summed E-state index contributed by atoms with van der Waals surface area (Å²) in [6.45, 7) is 1.67. The van der Waals surface area contributed by atoms with Crippen molar-refractivity contribution in [2.45, 2.75) is 13.2 Å². The monoisotopic (exact) mass is 155 g/mol. The molecule has 0 aromatic carbocycles. The minimum atomic E-state index is -0.366. The lowest BCUT2D eigenvalue weighted by atomic mass is 10.7. The number of hydrogen-bond acceptors (Lipinski definition) is 2. The van der Waals surface area contributed by atoms with Crippen molar-refractivity contribution >= 4 is 17.0 Å². The summed E-state index contributed by atoms with van der Waals surface area (Å²) in [6.07, 6.45) is -0.366. The molecule has 0 bridgehead atoms. The predicted molar refractivity (Wildman–Crippen MR) is 31.1 cm³/mol. The zero-order chi connectivity index (χ0) is 4.28. The van der Waals surface area contributed by atoms with Crippen molar-refractivity contribution in [1.82, 2.24) is 5.32 Å². The number of hydrogen-bond donors (Lipinski definition) is 2. The van der Waals surface area contributed by atoms with Gasteiger partial charge in [0, 0.05) is 0 Å². The highest BCUT2D eigenvalue weighted by Gasteiger charge is 1.78. The van der Waals surface area contributed by atoms with Gasteiger partial charge in [0.2, 0.25) is 0 Å². The maximum absolute atomic E-state index is 8.25. The van der Waals surface area contributed by atoms with Gasteiger partial charge in [-0.15, -0.1) is 17.0 Å². The smallest absolute Gasteiger partial charge is 0.101 e. The number of halogens is 1. The molecule has 0 aliphatic carbocycles. The fraction of sp³-hybridized carbons (Fsp3) is 1.00. The maximum Gasteiger partial charge on any atom is 0.101 e. The standard InChI is InChI=1S/C3H9NO.BrH/c1-3(5)4-2;/h3-5H,1-2H3;1H. The van der Waals surface area contributed by atoms with Gasteiger partial charge in [-0.05, 0) is 14.0 Å². The van der Waals surface area contributed by atoms with Crippen LogP contribution in [0.4, 0.5) is 0 Å². The Balaban J connectivity index is 0. The Bertz CT molecular complexity index is 24.8. The Morgan fingerprint density at radius 2 is 1.83 bits per heavy atom. The third kappa shape index (κ3) is 8.83. The van der Waals surface area contributed by atoms with Crippen LogP contribution >= 0.6 is 17.0 Å². The number of rotatable bonds is 1. The summed E-state index contributed by atoms with van der Waals surface area (Å²) in [7, 11) is 1.70. The average Bonchev–Trinajstić information content (AvgIpc) is 1.38. The molecule has 0 saturated carbocycles. The molecule has 0 radical (unpaired) electrons. The van der Waals surface area contributed by atoms with E-state index in [1.807, 2.05) is 0 Å². The molecule has 0 aromatic heterocycles. The van der Waals surface area contributed by atoms with Crippen molar-refractivity contribution in [1.29, 1.82) is 0 Å². The van der Waals surface area contributed by atoms with Crippen LogP contribution in [0.1, 0.15) is 6.92 Å². The van der Waals surface area contributed by atoms with E-state index in [0.717, 1.165) is 0 Å². The molecule has 6 heavy (non-hydrogen) atoms. The summed E-state index contributed by atoms with van der Waals surface area (Å²) in [5.74, 6) is 0. The van der Waals surface area contributed by atoms with E-state index in [4.69, 9.17) is 5.11 Å². The van der Waals surface area contributed by atoms with Gasteiger partial charge in [-0.25, -0.2) is 0 Å². The molecule has 0 fully saturated rings. The van der Waals surface area contributed by atoms with Gasteiger partial charge in [-0.3, -0.25) is 5.32 Å². The van der Waals surface area contributed by atoms with Crippen molar-refractivity contribution in [3.63, 3.8) is 0 Å². The zero-order valence-electron chi connectivity index (χ0n) is 3.93.